The summed E-state index contributed by atoms with van der Waals surface area (Å²) in [7, 11) is 1.56. The number of carbonyl (C=O) groups excluding carboxylic acids is 1. The third-order valence-electron chi connectivity index (χ3n) is 3.59. The molecule has 0 unspecified atom stereocenters. The molecule has 1 heterocycles. The largest absolute Gasteiger partial charge is 0.416 e. The predicted molar refractivity (Wildman–Crippen MR) is 98.8 cm³/mol. The number of hydrogen-bond acceptors (Lipinski definition) is 4. The number of aromatic nitrogens is 1. The highest BCUT2D eigenvalue weighted by Crippen LogP contribution is 2.29. The standard InChI is InChI=1S/C17H20F3N5OS/c1-11-14(27-10-25-11)15(26)22-6-7-23-16(21-2)24-9-12-4-3-5-13(8-12)17(18,19)20/h3-5,8,10H,6-7,9H2,1-2H3,(H,22,26)(H2,21,23,24). The molecule has 2 rings (SSSR count). The van der Waals surface area contributed by atoms with Gasteiger partial charge in [0.2, 0.25) is 0 Å². The summed E-state index contributed by atoms with van der Waals surface area (Å²) in [4.78, 5) is 20.6. The van der Waals surface area contributed by atoms with Gasteiger partial charge in [-0.15, -0.1) is 11.3 Å². The van der Waals surface area contributed by atoms with Crippen molar-refractivity contribution < 1.29 is 18.0 Å². The summed E-state index contributed by atoms with van der Waals surface area (Å²) in [6.07, 6.45) is -4.37. The van der Waals surface area contributed by atoms with Crippen molar-refractivity contribution in [1.82, 2.24) is 20.9 Å². The summed E-state index contributed by atoms with van der Waals surface area (Å²) in [5.41, 5.74) is 2.10. The van der Waals surface area contributed by atoms with Crippen molar-refractivity contribution in [3.63, 3.8) is 0 Å². The first kappa shape index (κ1) is 20.7. The Bertz CT molecular complexity index is 804. The number of rotatable bonds is 6. The van der Waals surface area contributed by atoms with Gasteiger partial charge in [0.15, 0.2) is 5.96 Å². The Morgan fingerprint density at radius 1 is 1.22 bits per heavy atom. The van der Waals surface area contributed by atoms with Gasteiger partial charge in [-0.2, -0.15) is 13.2 Å². The van der Waals surface area contributed by atoms with Crippen molar-refractivity contribution in [2.45, 2.75) is 19.6 Å². The number of hydrogen-bond donors (Lipinski definition) is 3. The smallest absolute Gasteiger partial charge is 0.355 e. The van der Waals surface area contributed by atoms with Crippen molar-refractivity contribution in [1.29, 1.82) is 0 Å². The van der Waals surface area contributed by atoms with E-state index in [0.717, 1.165) is 12.1 Å². The van der Waals surface area contributed by atoms with Crippen LogP contribution in [0.2, 0.25) is 0 Å². The normalized spacial score (nSPS) is 12.0. The van der Waals surface area contributed by atoms with Crippen LogP contribution in [0.25, 0.3) is 0 Å². The number of thiazole rings is 1. The van der Waals surface area contributed by atoms with Crippen LogP contribution in [0.15, 0.2) is 34.8 Å². The van der Waals surface area contributed by atoms with Crippen molar-refractivity contribution >= 4 is 23.2 Å². The summed E-state index contributed by atoms with van der Waals surface area (Å²) in [6, 6.07) is 5.10. The fraction of sp³-hybridized carbons (Fsp3) is 0.353. The number of benzene rings is 1. The molecule has 1 amide bonds. The summed E-state index contributed by atoms with van der Waals surface area (Å²) in [6.45, 7) is 2.73. The number of carbonyl (C=O) groups is 1. The predicted octanol–water partition coefficient (Wildman–Crippen LogP) is 2.57. The molecule has 0 atom stereocenters. The SMILES string of the molecule is CN=C(NCCNC(=O)c1scnc1C)NCc1cccc(C(F)(F)F)c1. The highest BCUT2D eigenvalue weighted by molar-refractivity contribution is 7.11. The van der Waals surface area contributed by atoms with E-state index in [1.165, 1.54) is 17.4 Å². The molecule has 1 aromatic carbocycles. The summed E-state index contributed by atoms with van der Waals surface area (Å²) in [5.74, 6) is 0.236. The Kier molecular flexibility index (Phi) is 7.17. The van der Waals surface area contributed by atoms with E-state index in [1.54, 1.807) is 25.5 Å². The quantitative estimate of drug-likeness (QED) is 0.396. The highest BCUT2D eigenvalue weighted by atomic mass is 32.1. The number of aliphatic imine (C=N–C) groups is 1. The maximum Gasteiger partial charge on any atom is 0.416 e. The first-order chi connectivity index (χ1) is 12.8. The molecule has 0 spiro atoms. The second kappa shape index (κ2) is 9.36. The van der Waals surface area contributed by atoms with Gasteiger partial charge in [0, 0.05) is 26.7 Å². The molecule has 2 aromatic rings. The third kappa shape index (κ3) is 6.24. The monoisotopic (exact) mass is 399 g/mol. The lowest BCUT2D eigenvalue weighted by Crippen LogP contribution is -2.41. The topological polar surface area (TPSA) is 78.4 Å². The second-order valence-electron chi connectivity index (χ2n) is 5.57. The van der Waals surface area contributed by atoms with Crippen LogP contribution in [0.1, 0.15) is 26.5 Å². The molecule has 0 aliphatic rings. The maximum absolute atomic E-state index is 12.7. The van der Waals surface area contributed by atoms with E-state index >= 15 is 0 Å². The van der Waals surface area contributed by atoms with Gasteiger partial charge in [-0.25, -0.2) is 4.98 Å². The third-order valence-corrected chi connectivity index (χ3v) is 4.52. The lowest BCUT2D eigenvalue weighted by molar-refractivity contribution is -0.137. The average molecular weight is 399 g/mol. The first-order valence-electron chi connectivity index (χ1n) is 8.10. The van der Waals surface area contributed by atoms with Gasteiger partial charge in [0.1, 0.15) is 4.88 Å². The van der Waals surface area contributed by atoms with Gasteiger partial charge in [-0.1, -0.05) is 12.1 Å². The van der Waals surface area contributed by atoms with E-state index in [9.17, 15) is 18.0 Å². The molecule has 0 radical (unpaired) electrons. The molecular weight excluding hydrogens is 379 g/mol. The van der Waals surface area contributed by atoms with Gasteiger partial charge in [0.05, 0.1) is 16.8 Å². The first-order valence-corrected chi connectivity index (χ1v) is 8.98. The van der Waals surface area contributed by atoms with Crippen LogP contribution in [0.4, 0.5) is 13.2 Å². The van der Waals surface area contributed by atoms with Crippen molar-refractivity contribution in [2.24, 2.45) is 4.99 Å². The van der Waals surface area contributed by atoms with Crippen molar-refractivity contribution in [3.8, 4) is 0 Å². The lowest BCUT2D eigenvalue weighted by atomic mass is 10.1. The molecular formula is C17H20F3N5OS. The Morgan fingerprint density at radius 3 is 2.59 bits per heavy atom. The number of halogens is 3. The molecule has 0 aliphatic heterocycles. The van der Waals surface area contributed by atoms with Crippen LogP contribution in [0, 0.1) is 6.92 Å². The van der Waals surface area contributed by atoms with E-state index in [-0.39, 0.29) is 12.5 Å². The summed E-state index contributed by atoms with van der Waals surface area (Å²) >= 11 is 1.28. The van der Waals surface area contributed by atoms with E-state index in [1.807, 2.05) is 0 Å². The number of amides is 1. The number of alkyl halides is 3. The molecule has 1 aromatic heterocycles. The van der Waals surface area contributed by atoms with Gasteiger partial charge < -0.3 is 16.0 Å². The number of nitrogens with zero attached hydrogens (tertiary/aromatic N) is 2. The van der Waals surface area contributed by atoms with Crippen LogP contribution in [-0.2, 0) is 12.7 Å². The number of nitrogens with one attached hydrogen (secondary N) is 3. The van der Waals surface area contributed by atoms with Crippen LogP contribution >= 0.6 is 11.3 Å². The molecule has 10 heteroatoms. The van der Waals surface area contributed by atoms with E-state index in [2.05, 4.69) is 25.9 Å². The van der Waals surface area contributed by atoms with Crippen LogP contribution in [0.3, 0.4) is 0 Å². The second-order valence-corrected chi connectivity index (χ2v) is 6.43. The molecule has 27 heavy (non-hydrogen) atoms. The minimum absolute atomic E-state index is 0.190. The zero-order valence-corrected chi connectivity index (χ0v) is 15.7. The lowest BCUT2D eigenvalue weighted by Gasteiger charge is -2.13. The minimum Gasteiger partial charge on any atom is -0.355 e. The Labute approximate surface area is 158 Å². The molecule has 0 fully saturated rings. The fourth-order valence-corrected chi connectivity index (χ4v) is 2.94. The molecule has 6 nitrogen and oxygen atoms in total. The zero-order valence-electron chi connectivity index (χ0n) is 14.9. The Hall–Kier alpha value is -2.62. The number of aryl methyl sites for hydroxylation is 1. The molecule has 0 saturated carbocycles. The van der Waals surface area contributed by atoms with Crippen molar-refractivity contribution in [2.75, 3.05) is 20.1 Å². The van der Waals surface area contributed by atoms with Crippen LogP contribution < -0.4 is 16.0 Å². The fourth-order valence-electron chi connectivity index (χ4n) is 2.22. The van der Waals surface area contributed by atoms with E-state index in [4.69, 9.17) is 0 Å². The van der Waals surface area contributed by atoms with Gasteiger partial charge in [-0.05, 0) is 24.6 Å². The van der Waals surface area contributed by atoms with E-state index in [0.29, 0.717) is 35.2 Å². The molecule has 0 bridgehead atoms. The molecule has 3 N–H and O–H groups in total. The number of guanidine groups is 1. The average Bonchev–Trinajstić information content (AvgIpc) is 3.06. The van der Waals surface area contributed by atoms with Gasteiger partial charge >= 0.3 is 6.18 Å². The maximum atomic E-state index is 12.7. The van der Waals surface area contributed by atoms with Crippen molar-refractivity contribution in [3.05, 3.63) is 51.5 Å². The van der Waals surface area contributed by atoms with Gasteiger partial charge in [0.25, 0.3) is 5.91 Å². The zero-order chi connectivity index (χ0) is 19.9. The molecule has 146 valence electrons. The minimum atomic E-state index is -4.37. The molecule has 0 saturated heterocycles. The summed E-state index contributed by atoms with van der Waals surface area (Å²) < 4.78 is 38.2. The Morgan fingerprint density at radius 2 is 1.96 bits per heavy atom. The highest BCUT2D eigenvalue weighted by Gasteiger charge is 2.30. The van der Waals surface area contributed by atoms with Crippen LogP contribution in [-0.4, -0.2) is 37.0 Å². The Balaban J connectivity index is 1.76. The summed E-state index contributed by atoms with van der Waals surface area (Å²) in [5, 5.41) is 8.69. The van der Waals surface area contributed by atoms with E-state index < -0.39 is 11.7 Å². The molecule has 0 aliphatic carbocycles. The van der Waals surface area contributed by atoms with Crippen LogP contribution in [0.5, 0.6) is 0 Å². The van der Waals surface area contributed by atoms with Gasteiger partial charge in [-0.3, -0.25) is 9.79 Å².